The van der Waals surface area contributed by atoms with Crippen LogP contribution in [0.25, 0.3) is 0 Å². The van der Waals surface area contributed by atoms with E-state index in [1.165, 1.54) is 0 Å². The Morgan fingerprint density at radius 2 is 1.89 bits per heavy atom. The Morgan fingerprint density at radius 1 is 1.33 bits per heavy atom. The monoisotopic (exact) mass is 255 g/mol. The van der Waals surface area contributed by atoms with Crippen molar-refractivity contribution < 1.29 is 14.7 Å². The molecule has 0 heterocycles. The first-order valence-corrected chi connectivity index (χ1v) is 5.95. The van der Waals surface area contributed by atoms with Crippen molar-refractivity contribution in [3.8, 4) is 6.07 Å². The number of carbonyl (C=O) groups is 2. The van der Waals surface area contributed by atoms with Gasteiger partial charge in [-0.3, -0.25) is 9.59 Å². The van der Waals surface area contributed by atoms with Gasteiger partial charge in [-0.05, 0) is 25.7 Å². The Kier molecular flexibility index (Phi) is 6.98. The average molecular weight is 255 g/mol. The molecule has 0 aromatic rings. The molecule has 102 valence electrons. The quantitative estimate of drug-likeness (QED) is 0.589. The molecule has 2 amide bonds. The molecule has 6 heteroatoms. The summed E-state index contributed by atoms with van der Waals surface area (Å²) >= 11 is 0. The third kappa shape index (κ3) is 6.21. The summed E-state index contributed by atoms with van der Waals surface area (Å²) in [5.74, 6) is -1.57. The van der Waals surface area contributed by atoms with E-state index in [-0.39, 0.29) is 12.3 Å². The molecule has 0 saturated carbocycles. The number of nitrogens with zero attached hydrogens (tertiary/aromatic N) is 1. The molecule has 18 heavy (non-hydrogen) atoms. The topological polar surface area (TPSA) is 116 Å². The predicted molar refractivity (Wildman–Crippen MR) is 66.0 cm³/mol. The van der Waals surface area contributed by atoms with Gasteiger partial charge in [0.1, 0.15) is 12.1 Å². The van der Waals surface area contributed by atoms with Crippen LogP contribution in [0.2, 0.25) is 0 Å². The highest BCUT2D eigenvalue weighted by Crippen LogP contribution is 2.07. The summed E-state index contributed by atoms with van der Waals surface area (Å²) in [6.07, 6.45) is -0.707. The number of aliphatic hydroxyl groups is 1. The van der Waals surface area contributed by atoms with E-state index in [9.17, 15) is 14.7 Å². The molecular formula is C12H21N3O3. The lowest BCUT2D eigenvalue weighted by molar-refractivity contribution is -0.134. The van der Waals surface area contributed by atoms with Gasteiger partial charge in [0.2, 0.25) is 11.8 Å². The third-order valence-corrected chi connectivity index (χ3v) is 2.47. The number of amides is 2. The number of aliphatic hydroxyl groups excluding tert-OH is 1. The van der Waals surface area contributed by atoms with E-state index >= 15 is 0 Å². The van der Waals surface area contributed by atoms with Crippen LogP contribution in [0.4, 0.5) is 0 Å². The van der Waals surface area contributed by atoms with Gasteiger partial charge in [0, 0.05) is 5.92 Å². The fourth-order valence-electron chi connectivity index (χ4n) is 1.47. The Hall–Kier alpha value is -1.61. The summed E-state index contributed by atoms with van der Waals surface area (Å²) in [4.78, 5) is 22.8. The highest BCUT2D eigenvalue weighted by Gasteiger charge is 2.24. The molecule has 0 saturated heterocycles. The number of primary amides is 1. The summed E-state index contributed by atoms with van der Waals surface area (Å²) < 4.78 is 0. The molecule has 0 aliphatic heterocycles. The zero-order chi connectivity index (χ0) is 14.3. The van der Waals surface area contributed by atoms with Crippen molar-refractivity contribution >= 4 is 11.8 Å². The largest absolute Gasteiger partial charge is 0.383 e. The van der Waals surface area contributed by atoms with Gasteiger partial charge in [-0.2, -0.15) is 5.26 Å². The first kappa shape index (κ1) is 16.4. The van der Waals surface area contributed by atoms with Crippen LogP contribution < -0.4 is 11.1 Å². The van der Waals surface area contributed by atoms with E-state index < -0.39 is 29.9 Å². The highest BCUT2D eigenvalue weighted by molar-refractivity contribution is 5.88. The number of hydrogen-bond donors (Lipinski definition) is 3. The van der Waals surface area contributed by atoms with Gasteiger partial charge >= 0.3 is 0 Å². The molecule has 0 aliphatic carbocycles. The Morgan fingerprint density at radius 3 is 2.28 bits per heavy atom. The minimum absolute atomic E-state index is 0.145. The molecule has 4 N–H and O–H groups in total. The van der Waals surface area contributed by atoms with Gasteiger partial charge in [-0.15, -0.1) is 0 Å². The summed E-state index contributed by atoms with van der Waals surface area (Å²) in [5, 5.41) is 20.6. The van der Waals surface area contributed by atoms with Crippen molar-refractivity contribution in [3.63, 3.8) is 0 Å². The van der Waals surface area contributed by atoms with Crippen molar-refractivity contribution in [2.75, 3.05) is 0 Å². The van der Waals surface area contributed by atoms with Crippen LogP contribution in [0.1, 0.15) is 33.6 Å². The molecule has 0 aromatic carbocycles. The molecule has 3 atom stereocenters. The van der Waals surface area contributed by atoms with E-state index in [1.54, 1.807) is 6.92 Å². The van der Waals surface area contributed by atoms with Crippen molar-refractivity contribution in [1.29, 1.82) is 5.26 Å². The number of nitrogens with one attached hydrogen (secondary N) is 1. The van der Waals surface area contributed by atoms with Gasteiger partial charge in [0.15, 0.2) is 0 Å². The molecule has 0 rings (SSSR count). The second-order valence-corrected chi connectivity index (χ2v) is 4.87. The molecular weight excluding hydrogens is 234 g/mol. The van der Waals surface area contributed by atoms with Crippen molar-refractivity contribution in [2.24, 2.45) is 17.6 Å². The lowest BCUT2D eigenvalue weighted by atomic mass is 10.0. The zero-order valence-electron chi connectivity index (χ0n) is 11.0. The Balaban J connectivity index is 4.46. The minimum Gasteiger partial charge on any atom is -0.383 e. The van der Waals surface area contributed by atoms with Gasteiger partial charge in [0.25, 0.3) is 0 Å². The highest BCUT2D eigenvalue weighted by atomic mass is 16.3. The summed E-state index contributed by atoms with van der Waals surface area (Å²) in [6, 6.07) is 1.04. The Labute approximate surface area is 107 Å². The zero-order valence-corrected chi connectivity index (χ0v) is 11.0. The molecule has 0 radical (unpaired) electrons. The van der Waals surface area contributed by atoms with Crippen molar-refractivity contribution in [2.45, 2.75) is 45.8 Å². The van der Waals surface area contributed by atoms with Crippen LogP contribution in [0.15, 0.2) is 0 Å². The van der Waals surface area contributed by atoms with Crippen molar-refractivity contribution in [3.05, 3.63) is 0 Å². The maximum absolute atomic E-state index is 11.6. The molecule has 0 fully saturated rings. The van der Waals surface area contributed by atoms with Crippen LogP contribution in [-0.2, 0) is 9.59 Å². The number of hydrogen-bond acceptors (Lipinski definition) is 4. The first-order chi connectivity index (χ1) is 8.27. The van der Waals surface area contributed by atoms with E-state index in [4.69, 9.17) is 11.0 Å². The maximum Gasteiger partial charge on any atom is 0.249 e. The molecule has 0 spiro atoms. The Bertz CT molecular complexity index is 336. The second-order valence-electron chi connectivity index (χ2n) is 4.87. The van der Waals surface area contributed by atoms with Crippen LogP contribution in [0.3, 0.4) is 0 Å². The van der Waals surface area contributed by atoms with Crippen LogP contribution >= 0.6 is 0 Å². The SMILES string of the molecule is CC(C)C[C@@H](O)C(=O)N[C@H](C[C@H](C)C#N)C(N)=O. The lowest BCUT2D eigenvalue weighted by Gasteiger charge is -2.19. The molecule has 6 nitrogen and oxygen atoms in total. The van der Waals surface area contributed by atoms with E-state index in [2.05, 4.69) is 5.32 Å². The fraction of sp³-hybridized carbons (Fsp3) is 0.750. The van der Waals surface area contributed by atoms with Gasteiger partial charge in [0.05, 0.1) is 6.07 Å². The number of nitriles is 1. The summed E-state index contributed by atoms with van der Waals surface area (Å²) in [5.41, 5.74) is 5.14. The number of rotatable bonds is 7. The van der Waals surface area contributed by atoms with E-state index in [0.717, 1.165) is 0 Å². The first-order valence-electron chi connectivity index (χ1n) is 5.95. The lowest BCUT2D eigenvalue weighted by Crippen LogP contribution is -2.48. The van der Waals surface area contributed by atoms with Gasteiger partial charge in [-0.1, -0.05) is 13.8 Å². The third-order valence-electron chi connectivity index (χ3n) is 2.47. The standard InChI is InChI=1S/C12H21N3O3/c1-7(2)4-10(16)12(18)15-9(11(14)17)5-8(3)6-13/h7-10,16H,4-5H2,1-3H3,(H2,14,17)(H,15,18)/t8-,9+,10+/m0/s1. The van der Waals surface area contributed by atoms with Gasteiger partial charge in [-0.25, -0.2) is 0 Å². The second kappa shape index (κ2) is 7.67. The predicted octanol–water partition coefficient (Wildman–Crippen LogP) is -0.0867. The summed E-state index contributed by atoms with van der Waals surface area (Å²) in [6.45, 7) is 5.38. The molecule has 0 bridgehead atoms. The van der Waals surface area contributed by atoms with Crippen LogP contribution in [-0.4, -0.2) is 29.1 Å². The van der Waals surface area contributed by atoms with Gasteiger partial charge < -0.3 is 16.2 Å². The summed E-state index contributed by atoms with van der Waals surface area (Å²) in [7, 11) is 0. The van der Waals surface area contributed by atoms with Crippen LogP contribution in [0.5, 0.6) is 0 Å². The maximum atomic E-state index is 11.6. The fourth-order valence-corrected chi connectivity index (χ4v) is 1.47. The number of nitrogens with two attached hydrogens (primary N) is 1. The van der Waals surface area contributed by atoms with E-state index in [0.29, 0.717) is 6.42 Å². The van der Waals surface area contributed by atoms with E-state index in [1.807, 2.05) is 19.9 Å². The van der Waals surface area contributed by atoms with Crippen molar-refractivity contribution in [1.82, 2.24) is 5.32 Å². The molecule has 0 unspecified atom stereocenters. The average Bonchev–Trinajstić information content (AvgIpc) is 2.26. The van der Waals surface area contributed by atoms with Crippen LogP contribution in [0, 0.1) is 23.2 Å². The minimum atomic E-state index is -1.16. The smallest absolute Gasteiger partial charge is 0.249 e. The normalized spacial score (nSPS) is 15.6. The molecule has 0 aliphatic rings. The molecule has 0 aromatic heterocycles. The number of carbonyl (C=O) groups excluding carboxylic acids is 2.